The number of rotatable bonds is 13. The number of hydrogen-bond donors (Lipinski definition) is 0. The molecular weight excluding hydrogens is 1120 g/mol. The fourth-order valence-corrected chi connectivity index (χ4v) is 14.8. The molecule has 436 valence electrons. The molecule has 2 heteroatoms. The second kappa shape index (κ2) is 23.4. The van der Waals surface area contributed by atoms with Crippen molar-refractivity contribution in [3.8, 4) is 94.7 Å². The molecule has 0 unspecified atom stereocenters. The van der Waals surface area contributed by atoms with Crippen molar-refractivity contribution in [3.63, 3.8) is 0 Å². The zero-order chi connectivity index (χ0) is 61.7. The average Bonchev–Trinajstić information content (AvgIpc) is 1.56. The lowest BCUT2D eigenvalue weighted by Gasteiger charge is -2.36. The van der Waals surface area contributed by atoms with E-state index in [1.165, 1.54) is 128 Å². The van der Waals surface area contributed by atoms with Gasteiger partial charge in [0.25, 0.3) is 0 Å². The highest BCUT2D eigenvalue weighted by Gasteiger charge is 2.47. The zero-order valence-corrected chi connectivity index (χ0v) is 51.2. The third kappa shape index (κ3) is 9.67. The Morgan fingerprint density at radius 1 is 0.204 bits per heavy atom. The SMILES string of the molecule is c1ccc(-c2cccc(-n3c4ccccc4c4cc(-c5ccc(N(c6ccccc6)c6ccc(-c7ccc(-c8ccc(-c9cccc(C%10(c%11ccccc%11-c%11ccccc%11-c%11ccccc%11)c%11ccccc%11-c%11ccccc%11%10)c9)cc8)cc7)cc6)cc5)ccc43)c2)cc1. The van der Waals surface area contributed by atoms with Gasteiger partial charge >= 0.3 is 0 Å². The molecule has 0 spiro atoms. The van der Waals surface area contributed by atoms with Gasteiger partial charge in [-0.1, -0.05) is 303 Å². The predicted octanol–water partition coefficient (Wildman–Crippen LogP) is 24.3. The minimum Gasteiger partial charge on any atom is -0.311 e. The summed E-state index contributed by atoms with van der Waals surface area (Å²) in [5.74, 6) is 0. The quantitative estimate of drug-likeness (QED) is 0.112. The van der Waals surface area contributed by atoms with Crippen LogP contribution in [0.2, 0.25) is 0 Å². The van der Waals surface area contributed by atoms with Crippen LogP contribution in [0.5, 0.6) is 0 Å². The fourth-order valence-electron chi connectivity index (χ4n) is 14.8. The van der Waals surface area contributed by atoms with Crippen LogP contribution < -0.4 is 4.90 Å². The lowest BCUT2D eigenvalue weighted by atomic mass is 9.65. The fraction of sp³-hybridized carbons (Fsp3) is 0.0110. The van der Waals surface area contributed by atoms with Gasteiger partial charge in [0.15, 0.2) is 0 Å². The molecule has 1 heterocycles. The molecule has 17 rings (SSSR count). The van der Waals surface area contributed by atoms with Crippen molar-refractivity contribution in [2.75, 3.05) is 4.90 Å². The summed E-state index contributed by atoms with van der Waals surface area (Å²) in [5.41, 5.74) is 30.5. The molecule has 0 aliphatic heterocycles. The van der Waals surface area contributed by atoms with E-state index in [1.54, 1.807) is 0 Å². The molecule has 0 bridgehead atoms. The van der Waals surface area contributed by atoms with Gasteiger partial charge in [-0.05, 0) is 184 Å². The Bertz CT molecular complexity index is 5350. The Morgan fingerprint density at radius 2 is 0.559 bits per heavy atom. The maximum Gasteiger partial charge on any atom is 0.0719 e. The summed E-state index contributed by atoms with van der Waals surface area (Å²) in [6, 6.07) is 138. The average molecular weight is 1180 g/mol. The summed E-state index contributed by atoms with van der Waals surface area (Å²) in [4.78, 5) is 2.34. The van der Waals surface area contributed by atoms with Crippen LogP contribution in [0.4, 0.5) is 17.1 Å². The Balaban J connectivity index is 0.645. The summed E-state index contributed by atoms with van der Waals surface area (Å²) in [6.45, 7) is 0. The monoisotopic (exact) mass is 1180 g/mol. The topological polar surface area (TPSA) is 8.17 Å². The normalized spacial score (nSPS) is 12.2. The van der Waals surface area contributed by atoms with Crippen molar-refractivity contribution >= 4 is 38.9 Å². The molecule has 16 aromatic rings. The van der Waals surface area contributed by atoms with Crippen molar-refractivity contribution in [3.05, 3.63) is 398 Å². The second-order valence-electron chi connectivity index (χ2n) is 24.3. The lowest BCUT2D eigenvalue weighted by Crippen LogP contribution is -2.29. The number of fused-ring (bicyclic) bond motifs is 6. The predicted molar refractivity (Wildman–Crippen MR) is 391 cm³/mol. The van der Waals surface area contributed by atoms with Crippen molar-refractivity contribution in [2.24, 2.45) is 0 Å². The maximum absolute atomic E-state index is 2.44. The van der Waals surface area contributed by atoms with Gasteiger partial charge in [-0.3, -0.25) is 0 Å². The third-order valence-electron chi connectivity index (χ3n) is 19.1. The van der Waals surface area contributed by atoms with Crippen LogP contribution in [0, 0.1) is 0 Å². The highest BCUT2D eigenvalue weighted by molar-refractivity contribution is 6.10. The van der Waals surface area contributed by atoms with E-state index in [-0.39, 0.29) is 0 Å². The Hall–Kier alpha value is -12.1. The largest absolute Gasteiger partial charge is 0.311 e. The number of para-hydroxylation sites is 2. The number of hydrogen-bond acceptors (Lipinski definition) is 1. The highest BCUT2D eigenvalue weighted by atomic mass is 15.1. The first-order chi connectivity index (χ1) is 46.1. The third-order valence-corrected chi connectivity index (χ3v) is 19.1. The van der Waals surface area contributed by atoms with Crippen LogP contribution in [0.1, 0.15) is 22.3 Å². The van der Waals surface area contributed by atoms with Crippen molar-refractivity contribution in [1.82, 2.24) is 4.57 Å². The summed E-state index contributed by atoms with van der Waals surface area (Å²) < 4.78 is 2.40. The lowest BCUT2D eigenvalue weighted by molar-refractivity contribution is 0.771. The molecule has 15 aromatic carbocycles. The van der Waals surface area contributed by atoms with Gasteiger partial charge in [-0.15, -0.1) is 0 Å². The summed E-state index contributed by atoms with van der Waals surface area (Å²) in [6.07, 6.45) is 0. The molecule has 0 atom stereocenters. The molecule has 0 radical (unpaired) electrons. The first-order valence-corrected chi connectivity index (χ1v) is 32.1. The van der Waals surface area contributed by atoms with Gasteiger partial charge in [0, 0.05) is 33.5 Å². The minimum atomic E-state index is -0.596. The van der Waals surface area contributed by atoms with Gasteiger partial charge in [0.1, 0.15) is 0 Å². The van der Waals surface area contributed by atoms with Crippen molar-refractivity contribution in [1.29, 1.82) is 0 Å². The first kappa shape index (κ1) is 55.0. The Kier molecular flexibility index (Phi) is 13.8. The van der Waals surface area contributed by atoms with Crippen LogP contribution in [-0.4, -0.2) is 4.57 Å². The van der Waals surface area contributed by atoms with E-state index in [2.05, 4.69) is 386 Å². The van der Waals surface area contributed by atoms with Gasteiger partial charge in [0.05, 0.1) is 16.4 Å². The van der Waals surface area contributed by atoms with E-state index in [4.69, 9.17) is 0 Å². The Morgan fingerprint density at radius 3 is 1.12 bits per heavy atom. The van der Waals surface area contributed by atoms with Crippen molar-refractivity contribution in [2.45, 2.75) is 5.41 Å². The number of benzene rings is 15. The van der Waals surface area contributed by atoms with E-state index in [0.29, 0.717) is 0 Å². The summed E-state index contributed by atoms with van der Waals surface area (Å²) in [7, 11) is 0. The standard InChI is InChI=1S/C91H62N2/c1-4-22-63(23-5-1)72-27-21-31-78(61-72)93-89-41-19-15-37-84(89)85-62-73(54-59-90(85)93)69-52-57-77(58-53-69)92(75-29-8-3-9-30-75)76-55-50-67(51-56-76)66-44-42-64(43-45-66)65-46-48-68(49-47-65)71-26-20-28-74(60-71)91(87-39-17-13-35-82(87)83-36-14-18-40-88(83)91)86-38-16-12-34-81(86)80-33-11-10-32-79(80)70-24-6-2-7-25-70/h1-62H. The van der Waals surface area contributed by atoms with Gasteiger partial charge in [-0.2, -0.15) is 0 Å². The van der Waals surface area contributed by atoms with E-state index in [0.717, 1.165) is 28.3 Å². The van der Waals surface area contributed by atoms with Gasteiger partial charge in [0.2, 0.25) is 0 Å². The highest BCUT2D eigenvalue weighted by Crippen LogP contribution is 2.58. The number of aromatic nitrogens is 1. The van der Waals surface area contributed by atoms with Gasteiger partial charge < -0.3 is 9.47 Å². The molecular formula is C91H62N2. The molecule has 0 saturated carbocycles. The van der Waals surface area contributed by atoms with Crippen LogP contribution in [0.15, 0.2) is 376 Å². The van der Waals surface area contributed by atoms with E-state index < -0.39 is 5.41 Å². The van der Waals surface area contributed by atoms with E-state index >= 15 is 0 Å². The summed E-state index contributed by atoms with van der Waals surface area (Å²) >= 11 is 0. The van der Waals surface area contributed by atoms with Crippen LogP contribution in [0.3, 0.4) is 0 Å². The molecule has 1 aliphatic rings. The smallest absolute Gasteiger partial charge is 0.0719 e. The molecule has 0 fully saturated rings. The molecule has 1 aliphatic carbocycles. The maximum atomic E-state index is 2.44. The van der Waals surface area contributed by atoms with E-state index in [9.17, 15) is 0 Å². The van der Waals surface area contributed by atoms with Crippen LogP contribution in [-0.2, 0) is 5.41 Å². The number of anilines is 3. The van der Waals surface area contributed by atoms with Gasteiger partial charge in [-0.25, -0.2) is 0 Å². The molecule has 93 heavy (non-hydrogen) atoms. The molecule has 2 nitrogen and oxygen atoms in total. The van der Waals surface area contributed by atoms with Crippen LogP contribution in [0.25, 0.3) is 117 Å². The van der Waals surface area contributed by atoms with Crippen molar-refractivity contribution < 1.29 is 0 Å². The molecule has 0 saturated heterocycles. The molecule has 0 N–H and O–H groups in total. The summed E-state index contributed by atoms with van der Waals surface area (Å²) in [5, 5.41) is 2.47. The first-order valence-electron chi connectivity index (χ1n) is 32.1. The molecule has 0 amide bonds. The van der Waals surface area contributed by atoms with E-state index in [1.807, 2.05) is 0 Å². The second-order valence-corrected chi connectivity index (χ2v) is 24.3. The minimum absolute atomic E-state index is 0.596. The van der Waals surface area contributed by atoms with Crippen LogP contribution >= 0.6 is 0 Å². The molecule has 1 aromatic heterocycles. The zero-order valence-electron chi connectivity index (χ0n) is 51.2. The Labute approximate surface area is 543 Å². The number of nitrogens with zero attached hydrogens (tertiary/aromatic N) is 2.